The van der Waals surface area contributed by atoms with Crippen LogP contribution in [-0.2, 0) is 6.54 Å². The van der Waals surface area contributed by atoms with E-state index in [1.54, 1.807) is 42.5 Å². The number of halogens is 1. The van der Waals surface area contributed by atoms with Gasteiger partial charge in [-0.25, -0.2) is 19.6 Å². The van der Waals surface area contributed by atoms with Crippen LogP contribution in [0.5, 0.6) is 11.5 Å². The van der Waals surface area contributed by atoms with Gasteiger partial charge in [0.2, 0.25) is 5.96 Å². The van der Waals surface area contributed by atoms with E-state index in [4.69, 9.17) is 21.4 Å². The molecule has 0 spiro atoms. The van der Waals surface area contributed by atoms with Crippen molar-refractivity contribution < 1.29 is 19.4 Å². The number of aromatic carboxylic acids is 1. The van der Waals surface area contributed by atoms with E-state index in [0.717, 1.165) is 24.8 Å². The third kappa shape index (κ3) is 7.18. The Labute approximate surface area is 207 Å². The molecule has 0 radical (unpaired) electrons. The molecule has 1 aliphatic rings. The Bertz CT molecular complexity index is 1210. The number of pyridine rings is 1. The van der Waals surface area contributed by atoms with Crippen molar-refractivity contribution in [1.82, 2.24) is 15.6 Å². The molecular formula is C25H24ClN5O4. The SMILES string of the molecule is O=C(NC(=NCc1ccc(Cl)cc1)Nc1ccc(Oc2ccnc(C(=O)O)c2)cc1)NC1CCC1. The monoisotopic (exact) mass is 493 g/mol. The zero-order valence-corrected chi connectivity index (χ0v) is 19.5. The van der Waals surface area contributed by atoms with Crippen LogP contribution in [0.3, 0.4) is 0 Å². The Kier molecular flexibility index (Phi) is 7.79. The normalized spacial score (nSPS) is 13.5. The third-order valence-electron chi connectivity index (χ3n) is 5.31. The number of aromatic nitrogens is 1. The second-order valence-corrected chi connectivity index (χ2v) is 8.39. The van der Waals surface area contributed by atoms with Gasteiger partial charge in [0, 0.05) is 29.0 Å². The fraction of sp³-hybridized carbons (Fsp3) is 0.200. The first kappa shape index (κ1) is 24.0. The molecule has 35 heavy (non-hydrogen) atoms. The summed E-state index contributed by atoms with van der Waals surface area (Å²) in [6, 6.07) is 17.1. The highest BCUT2D eigenvalue weighted by Crippen LogP contribution is 2.23. The number of guanidine groups is 1. The molecule has 4 N–H and O–H groups in total. The van der Waals surface area contributed by atoms with Gasteiger partial charge in [-0.15, -0.1) is 0 Å². The molecule has 0 aliphatic heterocycles. The van der Waals surface area contributed by atoms with Crippen LogP contribution in [0.1, 0.15) is 35.3 Å². The third-order valence-corrected chi connectivity index (χ3v) is 5.56. The number of carboxylic acid groups (broad SMARTS) is 1. The van der Waals surface area contributed by atoms with E-state index in [1.165, 1.54) is 12.3 Å². The van der Waals surface area contributed by atoms with Gasteiger partial charge >= 0.3 is 12.0 Å². The Morgan fingerprint density at radius 3 is 2.46 bits per heavy atom. The van der Waals surface area contributed by atoms with Crippen LogP contribution in [-0.4, -0.2) is 34.1 Å². The molecule has 0 atom stereocenters. The van der Waals surface area contributed by atoms with Gasteiger partial charge in [-0.3, -0.25) is 5.32 Å². The standard InChI is InChI=1S/C25H24ClN5O4/c26-17-6-4-16(5-7-17)15-28-24(31-25(34)30-18-2-1-3-18)29-19-8-10-20(11-9-19)35-21-12-13-27-22(14-21)23(32)33/h4-14,18H,1-3,15H2,(H,32,33)(H3,28,29,30,31,34). The number of anilines is 1. The van der Waals surface area contributed by atoms with Crippen molar-refractivity contribution >= 4 is 35.2 Å². The van der Waals surface area contributed by atoms with Crippen molar-refractivity contribution in [3.63, 3.8) is 0 Å². The average molecular weight is 494 g/mol. The topological polar surface area (TPSA) is 125 Å². The highest BCUT2D eigenvalue weighted by atomic mass is 35.5. The molecule has 10 heteroatoms. The predicted molar refractivity (Wildman–Crippen MR) is 133 cm³/mol. The summed E-state index contributed by atoms with van der Waals surface area (Å²) in [5.74, 6) is 0.0334. The summed E-state index contributed by atoms with van der Waals surface area (Å²) >= 11 is 5.95. The van der Waals surface area contributed by atoms with Crippen LogP contribution in [0, 0.1) is 0 Å². The fourth-order valence-electron chi connectivity index (χ4n) is 3.22. The largest absolute Gasteiger partial charge is 0.477 e. The van der Waals surface area contributed by atoms with Crippen molar-refractivity contribution in [3.8, 4) is 11.5 Å². The van der Waals surface area contributed by atoms with Crippen LogP contribution >= 0.6 is 11.6 Å². The maximum atomic E-state index is 12.4. The zero-order chi connectivity index (χ0) is 24.6. The van der Waals surface area contributed by atoms with E-state index < -0.39 is 5.97 Å². The molecular weight excluding hydrogens is 470 g/mol. The van der Waals surface area contributed by atoms with Gasteiger partial charge in [0.15, 0.2) is 5.69 Å². The summed E-state index contributed by atoms with van der Waals surface area (Å²) in [4.78, 5) is 31.8. The summed E-state index contributed by atoms with van der Waals surface area (Å²) < 4.78 is 5.72. The van der Waals surface area contributed by atoms with Crippen molar-refractivity contribution in [3.05, 3.63) is 83.1 Å². The molecule has 1 aliphatic carbocycles. The number of ether oxygens (including phenoxy) is 1. The number of hydrogen-bond donors (Lipinski definition) is 4. The number of carbonyl (C=O) groups excluding carboxylic acids is 1. The quantitative estimate of drug-likeness (QED) is 0.270. The first-order chi connectivity index (χ1) is 16.9. The maximum absolute atomic E-state index is 12.4. The zero-order valence-electron chi connectivity index (χ0n) is 18.7. The summed E-state index contributed by atoms with van der Waals surface area (Å²) in [7, 11) is 0. The van der Waals surface area contributed by atoms with E-state index in [2.05, 4.69) is 25.9 Å². The summed E-state index contributed by atoms with van der Waals surface area (Å²) in [5.41, 5.74) is 1.52. The highest BCUT2D eigenvalue weighted by molar-refractivity contribution is 6.30. The Morgan fingerprint density at radius 1 is 1.06 bits per heavy atom. The lowest BCUT2D eigenvalue weighted by molar-refractivity contribution is 0.0690. The lowest BCUT2D eigenvalue weighted by atomic mass is 9.93. The smallest absolute Gasteiger partial charge is 0.354 e. The molecule has 2 amide bonds. The second-order valence-electron chi connectivity index (χ2n) is 7.95. The number of urea groups is 1. The van der Waals surface area contributed by atoms with E-state index in [0.29, 0.717) is 34.7 Å². The number of carbonyl (C=O) groups is 2. The van der Waals surface area contributed by atoms with E-state index in [1.807, 2.05) is 12.1 Å². The van der Waals surface area contributed by atoms with Crippen LogP contribution in [0.2, 0.25) is 5.02 Å². The van der Waals surface area contributed by atoms with Crippen molar-refractivity contribution in [1.29, 1.82) is 0 Å². The van der Waals surface area contributed by atoms with Gasteiger partial charge < -0.3 is 20.5 Å². The molecule has 1 saturated carbocycles. The number of nitrogens with one attached hydrogen (secondary N) is 3. The fourth-order valence-corrected chi connectivity index (χ4v) is 3.35. The number of amides is 2. The summed E-state index contributed by atoms with van der Waals surface area (Å²) in [5, 5.41) is 18.6. The average Bonchev–Trinajstić information content (AvgIpc) is 2.82. The number of hydrogen-bond acceptors (Lipinski definition) is 5. The van der Waals surface area contributed by atoms with Gasteiger partial charge in [0.05, 0.1) is 6.54 Å². The lowest BCUT2D eigenvalue weighted by Crippen LogP contribution is -2.48. The van der Waals surface area contributed by atoms with Crippen LogP contribution in [0.25, 0.3) is 0 Å². The molecule has 1 heterocycles. The number of carboxylic acids is 1. The minimum absolute atomic E-state index is 0.103. The Hall–Kier alpha value is -4.11. The lowest BCUT2D eigenvalue weighted by Gasteiger charge is -2.26. The van der Waals surface area contributed by atoms with Gasteiger partial charge in [0.25, 0.3) is 0 Å². The molecule has 180 valence electrons. The second kappa shape index (κ2) is 11.3. The van der Waals surface area contributed by atoms with Crippen LogP contribution in [0.15, 0.2) is 71.9 Å². The molecule has 0 saturated heterocycles. The van der Waals surface area contributed by atoms with Crippen molar-refractivity contribution in [2.75, 3.05) is 5.32 Å². The van der Waals surface area contributed by atoms with Crippen LogP contribution < -0.4 is 20.7 Å². The molecule has 0 unspecified atom stereocenters. The summed E-state index contributed by atoms with van der Waals surface area (Å²) in [6.45, 7) is 0.346. The van der Waals surface area contributed by atoms with Crippen molar-refractivity contribution in [2.24, 2.45) is 4.99 Å². The Morgan fingerprint density at radius 2 is 1.80 bits per heavy atom. The first-order valence-electron chi connectivity index (χ1n) is 11.1. The Balaban J connectivity index is 1.43. The van der Waals surface area contributed by atoms with Gasteiger partial charge in [-0.2, -0.15) is 0 Å². The molecule has 4 rings (SSSR count). The molecule has 0 bridgehead atoms. The van der Waals surface area contributed by atoms with Crippen molar-refractivity contribution in [2.45, 2.75) is 31.8 Å². The first-order valence-corrected chi connectivity index (χ1v) is 11.4. The van der Waals surface area contributed by atoms with Gasteiger partial charge in [0.1, 0.15) is 11.5 Å². The number of aliphatic imine (C=N–C) groups is 1. The number of nitrogens with zero attached hydrogens (tertiary/aromatic N) is 2. The van der Waals surface area contributed by atoms with Gasteiger partial charge in [-0.1, -0.05) is 23.7 Å². The number of rotatable bonds is 7. The van der Waals surface area contributed by atoms with E-state index in [-0.39, 0.29) is 17.8 Å². The molecule has 9 nitrogen and oxygen atoms in total. The van der Waals surface area contributed by atoms with Crippen LogP contribution in [0.4, 0.5) is 10.5 Å². The molecule has 3 aromatic rings. The molecule has 1 aromatic heterocycles. The minimum Gasteiger partial charge on any atom is -0.477 e. The minimum atomic E-state index is -1.13. The number of benzene rings is 2. The van der Waals surface area contributed by atoms with Gasteiger partial charge in [-0.05, 0) is 67.3 Å². The molecule has 2 aromatic carbocycles. The van der Waals surface area contributed by atoms with E-state index in [9.17, 15) is 9.59 Å². The highest BCUT2D eigenvalue weighted by Gasteiger charge is 2.20. The van der Waals surface area contributed by atoms with E-state index >= 15 is 0 Å². The summed E-state index contributed by atoms with van der Waals surface area (Å²) in [6.07, 6.45) is 4.45. The maximum Gasteiger partial charge on any atom is 0.354 e. The molecule has 1 fully saturated rings. The predicted octanol–water partition coefficient (Wildman–Crippen LogP) is 5.05.